The van der Waals surface area contributed by atoms with E-state index < -0.39 is 23.5 Å². The second-order valence-corrected chi connectivity index (χ2v) is 4.54. The van der Waals surface area contributed by atoms with Crippen molar-refractivity contribution < 1.29 is 23.5 Å². The molecular weight excluding hydrogens is 289 g/mol. The summed E-state index contributed by atoms with van der Waals surface area (Å²) < 4.78 is 18.9. The van der Waals surface area contributed by atoms with E-state index in [1.54, 1.807) is 24.3 Å². The lowest BCUT2D eigenvalue weighted by Crippen LogP contribution is -2.15. The Hall–Kier alpha value is -3.15. The third-order valence-corrected chi connectivity index (χ3v) is 3.15. The van der Waals surface area contributed by atoms with Gasteiger partial charge in [-0.15, -0.1) is 0 Å². The summed E-state index contributed by atoms with van der Waals surface area (Å²) in [5.41, 5.74) is 0.157. The van der Waals surface area contributed by atoms with Crippen molar-refractivity contribution in [2.24, 2.45) is 0 Å². The van der Waals surface area contributed by atoms with Gasteiger partial charge in [-0.3, -0.25) is 4.79 Å². The third kappa shape index (κ3) is 2.31. The van der Waals surface area contributed by atoms with Crippen LogP contribution in [0.3, 0.4) is 0 Å². The molecule has 3 rings (SSSR count). The zero-order valence-corrected chi connectivity index (χ0v) is 11.2. The topological polar surface area (TPSA) is 79.5 Å². The number of hydrogen-bond acceptors (Lipinski definition) is 3. The van der Waals surface area contributed by atoms with E-state index in [-0.39, 0.29) is 11.3 Å². The van der Waals surface area contributed by atoms with Crippen molar-refractivity contribution in [1.82, 2.24) is 0 Å². The highest BCUT2D eigenvalue weighted by Crippen LogP contribution is 2.31. The maximum Gasteiger partial charge on any atom is 0.374 e. The number of furan rings is 1. The van der Waals surface area contributed by atoms with Crippen molar-refractivity contribution in [2.75, 3.05) is 5.32 Å². The fraction of sp³-hybridized carbons (Fsp3) is 0. The monoisotopic (exact) mass is 299 g/mol. The molecule has 2 aromatic carbocycles. The summed E-state index contributed by atoms with van der Waals surface area (Å²) in [6, 6.07) is 12.0. The van der Waals surface area contributed by atoms with E-state index >= 15 is 0 Å². The van der Waals surface area contributed by atoms with Crippen LogP contribution in [-0.4, -0.2) is 17.0 Å². The van der Waals surface area contributed by atoms with E-state index in [0.29, 0.717) is 11.0 Å². The van der Waals surface area contributed by atoms with Crippen LogP contribution in [0.1, 0.15) is 20.9 Å². The summed E-state index contributed by atoms with van der Waals surface area (Å²) in [4.78, 5) is 23.4. The van der Waals surface area contributed by atoms with Crippen LogP contribution < -0.4 is 5.32 Å². The SMILES string of the molecule is O=C(Nc1c(C(=O)O)oc2ccccc12)c1ccccc1F. The van der Waals surface area contributed by atoms with Crippen LogP contribution in [0.4, 0.5) is 10.1 Å². The quantitative estimate of drug-likeness (QED) is 0.775. The predicted molar refractivity (Wildman–Crippen MR) is 77.5 cm³/mol. The van der Waals surface area contributed by atoms with Gasteiger partial charge in [0.1, 0.15) is 17.1 Å². The normalized spacial score (nSPS) is 10.6. The van der Waals surface area contributed by atoms with E-state index in [1.165, 1.54) is 18.2 Å². The van der Waals surface area contributed by atoms with E-state index in [9.17, 15) is 19.1 Å². The van der Waals surface area contributed by atoms with Gasteiger partial charge in [-0.2, -0.15) is 0 Å². The molecule has 0 saturated heterocycles. The zero-order chi connectivity index (χ0) is 15.7. The Bertz CT molecular complexity index is 885. The van der Waals surface area contributed by atoms with E-state index in [0.717, 1.165) is 6.07 Å². The van der Waals surface area contributed by atoms with Gasteiger partial charge in [-0.25, -0.2) is 9.18 Å². The van der Waals surface area contributed by atoms with E-state index in [2.05, 4.69) is 5.32 Å². The minimum atomic E-state index is -1.32. The molecule has 0 radical (unpaired) electrons. The van der Waals surface area contributed by atoms with Crippen molar-refractivity contribution in [2.45, 2.75) is 0 Å². The maximum absolute atomic E-state index is 13.6. The Balaban J connectivity index is 2.07. The van der Waals surface area contributed by atoms with Gasteiger partial charge in [0.05, 0.1) is 5.56 Å². The molecule has 1 aromatic heterocycles. The number of nitrogens with one attached hydrogen (secondary N) is 1. The van der Waals surface area contributed by atoms with Gasteiger partial charge in [-0.05, 0) is 24.3 Å². The average molecular weight is 299 g/mol. The molecule has 0 unspecified atom stereocenters. The highest BCUT2D eigenvalue weighted by atomic mass is 19.1. The first-order valence-corrected chi connectivity index (χ1v) is 6.38. The molecule has 0 aliphatic carbocycles. The molecule has 0 fully saturated rings. The number of fused-ring (bicyclic) bond motifs is 1. The maximum atomic E-state index is 13.6. The van der Waals surface area contributed by atoms with Gasteiger partial charge in [0.2, 0.25) is 5.76 Å². The van der Waals surface area contributed by atoms with Crippen LogP contribution in [-0.2, 0) is 0 Å². The molecule has 0 saturated carbocycles. The number of benzene rings is 2. The van der Waals surface area contributed by atoms with Gasteiger partial charge in [-0.1, -0.05) is 24.3 Å². The number of carbonyl (C=O) groups is 2. The highest BCUT2D eigenvalue weighted by molar-refractivity contribution is 6.13. The Morgan fingerprint density at radius 1 is 1.05 bits per heavy atom. The molecular formula is C16H10FNO4. The van der Waals surface area contributed by atoms with Crippen molar-refractivity contribution in [1.29, 1.82) is 0 Å². The molecule has 6 heteroatoms. The molecule has 22 heavy (non-hydrogen) atoms. The molecule has 1 heterocycles. The number of amides is 1. The minimum Gasteiger partial charge on any atom is -0.475 e. The fourth-order valence-corrected chi connectivity index (χ4v) is 2.15. The smallest absolute Gasteiger partial charge is 0.374 e. The molecule has 0 aliphatic rings. The third-order valence-electron chi connectivity index (χ3n) is 3.15. The van der Waals surface area contributed by atoms with Crippen LogP contribution in [0, 0.1) is 5.82 Å². The number of halogens is 1. The summed E-state index contributed by atoms with van der Waals surface area (Å²) >= 11 is 0. The summed E-state index contributed by atoms with van der Waals surface area (Å²) in [5.74, 6) is -3.15. The van der Waals surface area contributed by atoms with Crippen LogP contribution in [0.15, 0.2) is 52.9 Å². The fourth-order valence-electron chi connectivity index (χ4n) is 2.15. The summed E-state index contributed by atoms with van der Waals surface area (Å²) in [6.07, 6.45) is 0. The van der Waals surface area contributed by atoms with Crippen molar-refractivity contribution in [3.05, 3.63) is 65.7 Å². The van der Waals surface area contributed by atoms with Gasteiger partial charge in [0.25, 0.3) is 5.91 Å². The Labute approximate surface area is 124 Å². The van der Waals surface area contributed by atoms with Gasteiger partial charge >= 0.3 is 5.97 Å². The van der Waals surface area contributed by atoms with Crippen molar-refractivity contribution >= 4 is 28.5 Å². The highest BCUT2D eigenvalue weighted by Gasteiger charge is 2.22. The predicted octanol–water partition coefficient (Wildman–Crippen LogP) is 3.52. The Morgan fingerprint density at radius 3 is 2.45 bits per heavy atom. The number of hydrogen-bond donors (Lipinski definition) is 2. The second-order valence-electron chi connectivity index (χ2n) is 4.54. The number of carboxylic acid groups (broad SMARTS) is 1. The molecule has 0 bridgehead atoms. The van der Waals surface area contributed by atoms with Crippen LogP contribution in [0.25, 0.3) is 11.0 Å². The average Bonchev–Trinajstić information content (AvgIpc) is 2.87. The molecule has 110 valence electrons. The lowest BCUT2D eigenvalue weighted by molar-refractivity contribution is 0.0666. The molecule has 5 nitrogen and oxygen atoms in total. The Morgan fingerprint density at radius 2 is 1.73 bits per heavy atom. The number of rotatable bonds is 3. The lowest BCUT2D eigenvalue weighted by Gasteiger charge is -2.05. The minimum absolute atomic E-state index is 0.0105. The molecule has 2 N–H and O–H groups in total. The molecule has 1 amide bonds. The van der Waals surface area contributed by atoms with E-state index in [4.69, 9.17) is 4.42 Å². The first-order valence-electron chi connectivity index (χ1n) is 6.38. The molecule has 0 atom stereocenters. The van der Waals surface area contributed by atoms with Gasteiger partial charge < -0.3 is 14.8 Å². The zero-order valence-electron chi connectivity index (χ0n) is 11.2. The number of aromatic carboxylic acids is 1. The van der Waals surface area contributed by atoms with Crippen molar-refractivity contribution in [3.8, 4) is 0 Å². The van der Waals surface area contributed by atoms with Gasteiger partial charge in [0.15, 0.2) is 0 Å². The first-order chi connectivity index (χ1) is 10.6. The van der Waals surface area contributed by atoms with Crippen molar-refractivity contribution in [3.63, 3.8) is 0 Å². The summed E-state index contributed by atoms with van der Waals surface area (Å²) in [6.45, 7) is 0. The largest absolute Gasteiger partial charge is 0.475 e. The number of para-hydroxylation sites is 1. The number of anilines is 1. The van der Waals surface area contributed by atoms with Crippen LogP contribution in [0.2, 0.25) is 0 Å². The summed E-state index contributed by atoms with van der Waals surface area (Å²) in [7, 11) is 0. The van der Waals surface area contributed by atoms with Gasteiger partial charge in [0, 0.05) is 5.39 Å². The molecule has 0 aliphatic heterocycles. The Kier molecular flexibility index (Phi) is 3.34. The first kappa shape index (κ1) is 13.8. The lowest BCUT2D eigenvalue weighted by atomic mass is 10.1. The molecule has 3 aromatic rings. The number of carbonyl (C=O) groups excluding carboxylic acids is 1. The standard InChI is InChI=1S/C16H10FNO4/c17-11-7-3-1-5-9(11)15(19)18-13-10-6-2-4-8-12(10)22-14(13)16(20)21/h1-8H,(H,18,19)(H,20,21). The number of carboxylic acids is 1. The van der Waals surface area contributed by atoms with E-state index in [1.807, 2.05) is 0 Å². The van der Waals surface area contributed by atoms with Crippen LogP contribution >= 0.6 is 0 Å². The summed E-state index contributed by atoms with van der Waals surface area (Å²) in [5, 5.41) is 12.0. The molecule has 0 spiro atoms. The van der Waals surface area contributed by atoms with Crippen LogP contribution in [0.5, 0.6) is 0 Å². The second kappa shape index (κ2) is 5.33.